The molecule has 122 valence electrons. The molecule has 2 heterocycles. The largest absolute Gasteiger partial charge is 0.360 e. The molecule has 0 unspecified atom stereocenters. The van der Waals surface area contributed by atoms with E-state index < -0.39 is 10.0 Å². The summed E-state index contributed by atoms with van der Waals surface area (Å²) in [4.78, 5) is 12.3. The number of sulfonamides is 1. The van der Waals surface area contributed by atoms with Crippen molar-refractivity contribution < 1.29 is 17.7 Å². The van der Waals surface area contributed by atoms with Gasteiger partial charge in [0.05, 0.1) is 4.90 Å². The molecule has 3 rings (SSSR count). The molecule has 1 amide bonds. The fraction of sp³-hybridized carbons (Fsp3) is 0.333. The first-order chi connectivity index (χ1) is 11.0. The molecule has 2 aromatic rings. The number of nitrogens with one attached hydrogen (secondary N) is 1. The average Bonchev–Trinajstić information content (AvgIpc) is 3.19. The van der Waals surface area contributed by atoms with Crippen molar-refractivity contribution in [2.45, 2.75) is 24.7 Å². The fourth-order valence-corrected chi connectivity index (χ4v) is 3.99. The van der Waals surface area contributed by atoms with Crippen LogP contribution in [0.5, 0.6) is 0 Å². The Morgan fingerprint density at radius 3 is 2.43 bits per heavy atom. The van der Waals surface area contributed by atoms with Gasteiger partial charge in [0, 0.05) is 24.7 Å². The summed E-state index contributed by atoms with van der Waals surface area (Å²) in [7, 11) is -3.46. The minimum absolute atomic E-state index is 0.202. The van der Waals surface area contributed by atoms with Crippen LogP contribution >= 0.6 is 0 Å². The van der Waals surface area contributed by atoms with Crippen molar-refractivity contribution in [1.82, 2.24) is 9.46 Å². The lowest BCUT2D eigenvalue weighted by Crippen LogP contribution is -2.27. The van der Waals surface area contributed by atoms with Crippen molar-refractivity contribution in [1.29, 1.82) is 0 Å². The number of aromatic nitrogens is 1. The summed E-state index contributed by atoms with van der Waals surface area (Å²) in [5.74, 6) is 0.539. The number of rotatable bonds is 4. The van der Waals surface area contributed by atoms with Gasteiger partial charge in [0.1, 0.15) is 5.76 Å². The number of hydrogen-bond donors (Lipinski definition) is 1. The molecule has 1 aromatic carbocycles. The van der Waals surface area contributed by atoms with E-state index in [1.54, 1.807) is 13.0 Å². The average molecular weight is 335 g/mol. The maximum absolute atomic E-state index is 12.4. The van der Waals surface area contributed by atoms with Crippen LogP contribution in [0.1, 0.15) is 29.0 Å². The third kappa shape index (κ3) is 3.27. The van der Waals surface area contributed by atoms with Crippen LogP contribution in [-0.4, -0.2) is 36.9 Å². The van der Waals surface area contributed by atoms with Gasteiger partial charge in [0.25, 0.3) is 5.91 Å². The minimum atomic E-state index is -3.46. The van der Waals surface area contributed by atoms with E-state index in [2.05, 4.69) is 10.5 Å². The molecule has 0 saturated carbocycles. The molecule has 1 saturated heterocycles. The zero-order valence-electron chi connectivity index (χ0n) is 12.7. The first-order valence-corrected chi connectivity index (χ1v) is 8.76. The second kappa shape index (κ2) is 6.13. The summed E-state index contributed by atoms with van der Waals surface area (Å²) in [6, 6.07) is 7.49. The van der Waals surface area contributed by atoms with Gasteiger partial charge in [-0.25, -0.2) is 8.42 Å². The zero-order chi connectivity index (χ0) is 16.4. The van der Waals surface area contributed by atoms with Crippen molar-refractivity contribution in [2.75, 3.05) is 18.4 Å². The molecule has 1 N–H and O–H groups in total. The molecule has 0 radical (unpaired) electrons. The van der Waals surface area contributed by atoms with Gasteiger partial charge in [-0.15, -0.1) is 0 Å². The van der Waals surface area contributed by atoms with Crippen LogP contribution in [0.2, 0.25) is 0 Å². The van der Waals surface area contributed by atoms with E-state index in [-0.39, 0.29) is 10.8 Å². The van der Waals surface area contributed by atoms with Crippen molar-refractivity contribution in [3.63, 3.8) is 0 Å². The molecule has 7 nitrogen and oxygen atoms in total. The van der Waals surface area contributed by atoms with Crippen LogP contribution in [0.4, 0.5) is 5.82 Å². The summed E-state index contributed by atoms with van der Waals surface area (Å²) in [6.07, 6.45) is 1.77. The summed E-state index contributed by atoms with van der Waals surface area (Å²) in [5.41, 5.74) is 0.353. The maximum Gasteiger partial charge on any atom is 0.256 e. The predicted molar refractivity (Wildman–Crippen MR) is 83.6 cm³/mol. The van der Waals surface area contributed by atoms with Gasteiger partial charge in [-0.05, 0) is 44.0 Å². The molecular formula is C15H17N3O4S. The third-order valence-electron chi connectivity index (χ3n) is 3.69. The molecule has 1 aliphatic rings. The number of hydrogen-bond acceptors (Lipinski definition) is 5. The van der Waals surface area contributed by atoms with Crippen LogP contribution in [0, 0.1) is 6.92 Å². The number of benzene rings is 1. The van der Waals surface area contributed by atoms with Gasteiger partial charge < -0.3 is 9.84 Å². The SMILES string of the molecule is Cc1cc(NC(=O)c2ccc(S(=O)(=O)N3CCCC3)cc2)no1. The smallest absolute Gasteiger partial charge is 0.256 e. The van der Waals surface area contributed by atoms with Gasteiger partial charge in [0.2, 0.25) is 10.0 Å². The van der Waals surface area contributed by atoms with E-state index in [9.17, 15) is 13.2 Å². The van der Waals surface area contributed by atoms with Crippen LogP contribution in [0.3, 0.4) is 0 Å². The Balaban J connectivity index is 1.75. The fourth-order valence-electron chi connectivity index (χ4n) is 2.47. The van der Waals surface area contributed by atoms with E-state index in [1.165, 1.54) is 28.6 Å². The van der Waals surface area contributed by atoms with Crippen LogP contribution < -0.4 is 5.32 Å². The molecule has 0 atom stereocenters. The highest BCUT2D eigenvalue weighted by Crippen LogP contribution is 2.21. The quantitative estimate of drug-likeness (QED) is 0.923. The lowest BCUT2D eigenvalue weighted by Gasteiger charge is -2.15. The molecule has 1 aliphatic heterocycles. The Kier molecular flexibility index (Phi) is 4.18. The van der Waals surface area contributed by atoms with E-state index in [1.807, 2.05) is 0 Å². The summed E-state index contributed by atoms with van der Waals surface area (Å²) in [6.45, 7) is 2.83. The lowest BCUT2D eigenvalue weighted by molar-refractivity contribution is 0.102. The Bertz CT molecular complexity index is 806. The van der Waals surface area contributed by atoms with Crippen molar-refractivity contribution in [3.8, 4) is 0 Å². The normalized spacial score (nSPS) is 15.7. The van der Waals surface area contributed by atoms with Crippen LogP contribution in [-0.2, 0) is 10.0 Å². The van der Waals surface area contributed by atoms with E-state index in [0.717, 1.165) is 12.8 Å². The number of carbonyl (C=O) groups is 1. The highest BCUT2D eigenvalue weighted by molar-refractivity contribution is 7.89. The molecule has 0 bridgehead atoms. The molecule has 0 aliphatic carbocycles. The van der Waals surface area contributed by atoms with E-state index >= 15 is 0 Å². The van der Waals surface area contributed by atoms with Gasteiger partial charge in [-0.3, -0.25) is 4.79 Å². The molecular weight excluding hydrogens is 318 g/mol. The number of anilines is 1. The Morgan fingerprint density at radius 2 is 1.87 bits per heavy atom. The number of aryl methyl sites for hydroxylation is 1. The lowest BCUT2D eigenvalue weighted by atomic mass is 10.2. The molecule has 1 aromatic heterocycles. The highest BCUT2D eigenvalue weighted by atomic mass is 32.2. The number of nitrogens with zero attached hydrogens (tertiary/aromatic N) is 2. The topological polar surface area (TPSA) is 92.5 Å². The van der Waals surface area contributed by atoms with E-state index in [0.29, 0.717) is 30.2 Å². The first kappa shape index (κ1) is 15.7. The summed E-state index contributed by atoms with van der Waals surface area (Å²) in [5, 5.41) is 6.27. The first-order valence-electron chi connectivity index (χ1n) is 7.32. The van der Waals surface area contributed by atoms with Crippen molar-refractivity contribution >= 4 is 21.7 Å². The van der Waals surface area contributed by atoms with Gasteiger partial charge in [0.15, 0.2) is 5.82 Å². The van der Waals surface area contributed by atoms with Crippen molar-refractivity contribution in [2.24, 2.45) is 0 Å². The Morgan fingerprint density at radius 1 is 1.22 bits per heavy atom. The van der Waals surface area contributed by atoms with Crippen molar-refractivity contribution in [3.05, 3.63) is 41.7 Å². The van der Waals surface area contributed by atoms with Gasteiger partial charge in [-0.2, -0.15) is 4.31 Å². The van der Waals surface area contributed by atoms with Crippen LogP contribution in [0.15, 0.2) is 39.8 Å². The maximum atomic E-state index is 12.4. The Labute approximate surface area is 134 Å². The van der Waals surface area contributed by atoms with Gasteiger partial charge in [-0.1, -0.05) is 5.16 Å². The zero-order valence-corrected chi connectivity index (χ0v) is 13.5. The standard InChI is InChI=1S/C15H17N3O4S/c1-11-10-14(17-22-11)16-15(19)12-4-6-13(7-5-12)23(20,21)18-8-2-3-9-18/h4-7,10H,2-3,8-9H2,1H3,(H,16,17,19). The third-order valence-corrected chi connectivity index (χ3v) is 5.60. The molecule has 8 heteroatoms. The second-order valence-electron chi connectivity index (χ2n) is 5.41. The molecule has 23 heavy (non-hydrogen) atoms. The molecule has 1 fully saturated rings. The monoisotopic (exact) mass is 335 g/mol. The Hall–Kier alpha value is -2.19. The van der Waals surface area contributed by atoms with E-state index in [4.69, 9.17) is 4.52 Å². The summed E-state index contributed by atoms with van der Waals surface area (Å²) < 4.78 is 31.2. The van der Waals surface area contributed by atoms with Crippen LogP contribution in [0.25, 0.3) is 0 Å². The number of amides is 1. The number of carbonyl (C=O) groups excluding carboxylic acids is 1. The van der Waals surface area contributed by atoms with Gasteiger partial charge >= 0.3 is 0 Å². The highest BCUT2D eigenvalue weighted by Gasteiger charge is 2.27. The second-order valence-corrected chi connectivity index (χ2v) is 7.35. The minimum Gasteiger partial charge on any atom is -0.360 e. The predicted octanol–water partition coefficient (Wildman–Crippen LogP) is 2.02. The summed E-state index contributed by atoms with van der Waals surface area (Å²) >= 11 is 0. The molecule has 0 spiro atoms.